The lowest BCUT2D eigenvalue weighted by Gasteiger charge is -2.36. The molecule has 84 valence electrons. The molecule has 0 saturated carbocycles. The highest BCUT2D eigenvalue weighted by Crippen LogP contribution is 2.36. The van der Waals surface area contributed by atoms with Gasteiger partial charge in [0.05, 0.1) is 12.2 Å². The minimum Gasteiger partial charge on any atom is -0.463 e. The SMILES string of the molecule is CCOC(=O)C1=CCC2CCCN(C)C12. The highest BCUT2D eigenvalue weighted by atomic mass is 16.5. The molecule has 2 unspecified atom stereocenters. The Kier molecular flexibility index (Phi) is 3.10. The average Bonchev–Trinajstić information content (AvgIpc) is 2.63. The van der Waals surface area contributed by atoms with Crippen LogP contribution in [0.4, 0.5) is 0 Å². The molecule has 0 spiro atoms. The van der Waals surface area contributed by atoms with Gasteiger partial charge in [0.15, 0.2) is 0 Å². The van der Waals surface area contributed by atoms with Gasteiger partial charge in [-0.1, -0.05) is 6.08 Å². The van der Waals surface area contributed by atoms with Gasteiger partial charge in [-0.15, -0.1) is 0 Å². The lowest BCUT2D eigenvalue weighted by atomic mass is 9.89. The van der Waals surface area contributed by atoms with Gasteiger partial charge >= 0.3 is 5.97 Å². The van der Waals surface area contributed by atoms with Crippen molar-refractivity contribution >= 4 is 5.97 Å². The summed E-state index contributed by atoms with van der Waals surface area (Å²) < 4.78 is 5.09. The molecule has 1 fully saturated rings. The first-order valence-corrected chi connectivity index (χ1v) is 5.81. The third-order valence-corrected chi connectivity index (χ3v) is 3.48. The Labute approximate surface area is 91.1 Å². The summed E-state index contributed by atoms with van der Waals surface area (Å²) in [6.45, 7) is 3.42. The number of likely N-dealkylation sites (N-methyl/N-ethyl adjacent to an activating group) is 1. The van der Waals surface area contributed by atoms with E-state index in [0.717, 1.165) is 18.5 Å². The van der Waals surface area contributed by atoms with Crippen LogP contribution >= 0.6 is 0 Å². The number of carbonyl (C=O) groups excluding carboxylic acids is 1. The van der Waals surface area contributed by atoms with Gasteiger partial charge in [0, 0.05) is 6.04 Å². The van der Waals surface area contributed by atoms with Crippen LogP contribution in [0.25, 0.3) is 0 Å². The minimum absolute atomic E-state index is 0.112. The van der Waals surface area contributed by atoms with Crippen molar-refractivity contribution in [3.8, 4) is 0 Å². The highest BCUT2D eigenvalue weighted by molar-refractivity contribution is 5.90. The third kappa shape index (κ3) is 1.93. The maximum atomic E-state index is 11.7. The van der Waals surface area contributed by atoms with E-state index in [1.807, 2.05) is 6.92 Å². The number of esters is 1. The molecule has 0 amide bonds. The first-order valence-electron chi connectivity index (χ1n) is 5.81. The molecule has 0 aromatic carbocycles. The van der Waals surface area contributed by atoms with E-state index in [0.29, 0.717) is 18.6 Å². The predicted molar refractivity (Wildman–Crippen MR) is 58.5 cm³/mol. The molecule has 1 heterocycles. The monoisotopic (exact) mass is 209 g/mol. The van der Waals surface area contributed by atoms with E-state index in [1.165, 1.54) is 12.8 Å². The number of rotatable bonds is 2. The molecule has 1 aliphatic heterocycles. The number of fused-ring (bicyclic) bond motifs is 1. The Morgan fingerprint density at radius 3 is 3.20 bits per heavy atom. The Morgan fingerprint density at radius 2 is 2.47 bits per heavy atom. The van der Waals surface area contributed by atoms with Gasteiger partial charge in [-0.25, -0.2) is 4.79 Å². The maximum absolute atomic E-state index is 11.7. The smallest absolute Gasteiger partial charge is 0.335 e. The summed E-state index contributed by atoms with van der Waals surface area (Å²) in [5.74, 6) is 0.530. The fraction of sp³-hybridized carbons (Fsp3) is 0.750. The first kappa shape index (κ1) is 10.7. The van der Waals surface area contributed by atoms with Crippen molar-refractivity contribution in [3.05, 3.63) is 11.6 Å². The number of ether oxygens (including phenoxy) is 1. The number of allylic oxidation sites excluding steroid dienone is 1. The van der Waals surface area contributed by atoms with Crippen molar-refractivity contribution in [2.75, 3.05) is 20.2 Å². The lowest BCUT2D eigenvalue weighted by Crippen LogP contribution is -2.43. The summed E-state index contributed by atoms with van der Waals surface area (Å²) in [5, 5.41) is 0. The van der Waals surface area contributed by atoms with Gasteiger partial charge < -0.3 is 4.74 Å². The van der Waals surface area contributed by atoms with Crippen LogP contribution in [0.2, 0.25) is 0 Å². The van der Waals surface area contributed by atoms with Crippen LogP contribution in [0.5, 0.6) is 0 Å². The number of hydrogen-bond donors (Lipinski definition) is 0. The molecule has 1 saturated heterocycles. The predicted octanol–water partition coefficient (Wildman–Crippen LogP) is 1.59. The van der Waals surface area contributed by atoms with Crippen LogP contribution in [-0.4, -0.2) is 37.1 Å². The normalized spacial score (nSPS) is 30.9. The summed E-state index contributed by atoms with van der Waals surface area (Å²) in [5.41, 5.74) is 0.893. The van der Waals surface area contributed by atoms with E-state index in [-0.39, 0.29) is 5.97 Å². The van der Waals surface area contributed by atoms with Gasteiger partial charge in [0.25, 0.3) is 0 Å². The number of nitrogens with zero attached hydrogens (tertiary/aromatic N) is 1. The van der Waals surface area contributed by atoms with E-state index >= 15 is 0 Å². The number of carbonyl (C=O) groups is 1. The molecule has 1 aliphatic carbocycles. The molecule has 2 aliphatic rings. The summed E-state index contributed by atoms with van der Waals surface area (Å²) in [4.78, 5) is 14.0. The topological polar surface area (TPSA) is 29.5 Å². The molecular formula is C12H19NO2. The second kappa shape index (κ2) is 4.35. The third-order valence-electron chi connectivity index (χ3n) is 3.48. The molecule has 0 N–H and O–H groups in total. The van der Waals surface area contributed by atoms with Gasteiger partial charge in [-0.05, 0) is 45.7 Å². The van der Waals surface area contributed by atoms with E-state index in [1.54, 1.807) is 0 Å². The number of likely N-dealkylation sites (tertiary alicyclic amines) is 1. The zero-order chi connectivity index (χ0) is 10.8. The Hall–Kier alpha value is -0.830. The fourth-order valence-corrected chi connectivity index (χ4v) is 2.82. The Morgan fingerprint density at radius 1 is 1.67 bits per heavy atom. The molecule has 2 atom stereocenters. The van der Waals surface area contributed by atoms with Crippen molar-refractivity contribution in [1.82, 2.24) is 4.90 Å². The van der Waals surface area contributed by atoms with Gasteiger partial charge in [-0.2, -0.15) is 0 Å². The standard InChI is InChI=1S/C12H19NO2/c1-3-15-12(14)10-7-6-9-5-4-8-13(2)11(9)10/h7,9,11H,3-6,8H2,1-2H3. The second-order valence-electron chi connectivity index (χ2n) is 4.44. The first-order chi connectivity index (χ1) is 7.24. The van der Waals surface area contributed by atoms with Crippen LogP contribution in [0.1, 0.15) is 26.2 Å². The van der Waals surface area contributed by atoms with Crippen molar-refractivity contribution < 1.29 is 9.53 Å². The molecule has 2 rings (SSSR count). The summed E-state index contributed by atoms with van der Waals surface area (Å²) >= 11 is 0. The van der Waals surface area contributed by atoms with E-state index in [4.69, 9.17) is 4.74 Å². The lowest BCUT2D eigenvalue weighted by molar-refractivity contribution is -0.139. The molecule has 0 bridgehead atoms. The molecule has 3 heteroatoms. The average molecular weight is 209 g/mol. The quantitative estimate of drug-likeness (QED) is 0.647. The van der Waals surface area contributed by atoms with Crippen LogP contribution < -0.4 is 0 Å². The molecule has 0 aromatic rings. The second-order valence-corrected chi connectivity index (χ2v) is 4.44. The fourth-order valence-electron chi connectivity index (χ4n) is 2.82. The highest BCUT2D eigenvalue weighted by Gasteiger charge is 2.38. The molecular weight excluding hydrogens is 190 g/mol. The maximum Gasteiger partial charge on any atom is 0.335 e. The van der Waals surface area contributed by atoms with Crippen molar-refractivity contribution in [3.63, 3.8) is 0 Å². The van der Waals surface area contributed by atoms with E-state index in [2.05, 4.69) is 18.0 Å². The largest absolute Gasteiger partial charge is 0.463 e. The van der Waals surface area contributed by atoms with Crippen molar-refractivity contribution in [2.45, 2.75) is 32.2 Å². The Balaban J connectivity index is 2.09. The zero-order valence-corrected chi connectivity index (χ0v) is 9.53. The molecule has 0 aromatic heterocycles. The van der Waals surface area contributed by atoms with Gasteiger partial charge in [0.2, 0.25) is 0 Å². The molecule has 0 radical (unpaired) electrons. The van der Waals surface area contributed by atoms with Crippen LogP contribution in [0.15, 0.2) is 11.6 Å². The Bertz CT molecular complexity index is 285. The minimum atomic E-state index is -0.112. The number of piperidine rings is 1. The molecule has 3 nitrogen and oxygen atoms in total. The van der Waals surface area contributed by atoms with Gasteiger partial charge in [-0.3, -0.25) is 4.90 Å². The van der Waals surface area contributed by atoms with E-state index in [9.17, 15) is 4.79 Å². The van der Waals surface area contributed by atoms with Gasteiger partial charge in [0.1, 0.15) is 0 Å². The summed E-state index contributed by atoms with van der Waals surface area (Å²) in [6, 6.07) is 0.317. The van der Waals surface area contributed by atoms with Crippen molar-refractivity contribution in [1.29, 1.82) is 0 Å². The summed E-state index contributed by atoms with van der Waals surface area (Å²) in [7, 11) is 2.11. The van der Waals surface area contributed by atoms with Crippen LogP contribution in [0.3, 0.4) is 0 Å². The molecule has 15 heavy (non-hydrogen) atoms. The van der Waals surface area contributed by atoms with Crippen molar-refractivity contribution in [2.24, 2.45) is 5.92 Å². The summed E-state index contributed by atoms with van der Waals surface area (Å²) in [6.07, 6.45) is 5.62. The number of hydrogen-bond acceptors (Lipinski definition) is 3. The van der Waals surface area contributed by atoms with E-state index < -0.39 is 0 Å². The van der Waals surface area contributed by atoms with Crippen LogP contribution in [-0.2, 0) is 9.53 Å². The zero-order valence-electron chi connectivity index (χ0n) is 9.53. The van der Waals surface area contributed by atoms with Crippen LogP contribution in [0, 0.1) is 5.92 Å².